The standard InChI is InChI=1S/C18H14F3NO5/c19-18(20,21)13-7-4-8-14(9-13)26-11-16(24)27-10-15(23)22-17(25)12-5-2-1-3-6-12/h1-9H,10-11H2,(H,22,23,25). The van der Waals surface area contributed by atoms with Gasteiger partial charge in [0.05, 0.1) is 5.56 Å². The molecule has 0 aromatic heterocycles. The van der Waals surface area contributed by atoms with E-state index >= 15 is 0 Å². The van der Waals surface area contributed by atoms with Crippen molar-refractivity contribution in [3.8, 4) is 5.75 Å². The monoisotopic (exact) mass is 381 g/mol. The van der Waals surface area contributed by atoms with Crippen LogP contribution in [0.3, 0.4) is 0 Å². The Hall–Kier alpha value is -3.36. The maximum absolute atomic E-state index is 12.6. The van der Waals surface area contributed by atoms with Gasteiger partial charge in [0.25, 0.3) is 11.8 Å². The van der Waals surface area contributed by atoms with Gasteiger partial charge >= 0.3 is 12.1 Å². The van der Waals surface area contributed by atoms with Crippen LogP contribution in [0.5, 0.6) is 5.75 Å². The minimum Gasteiger partial charge on any atom is -0.482 e. The first-order chi connectivity index (χ1) is 12.8. The van der Waals surface area contributed by atoms with Crippen molar-refractivity contribution in [1.29, 1.82) is 0 Å². The van der Waals surface area contributed by atoms with Crippen molar-refractivity contribution in [2.45, 2.75) is 6.18 Å². The number of rotatable bonds is 6. The molecular weight excluding hydrogens is 367 g/mol. The van der Waals surface area contributed by atoms with Crippen molar-refractivity contribution in [1.82, 2.24) is 5.32 Å². The molecule has 2 amide bonds. The smallest absolute Gasteiger partial charge is 0.416 e. The van der Waals surface area contributed by atoms with Gasteiger partial charge in [0.1, 0.15) is 5.75 Å². The number of hydrogen-bond acceptors (Lipinski definition) is 5. The molecule has 0 unspecified atom stereocenters. The van der Waals surface area contributed by atoms with E-state index in [1.807, 2.05) is 5.32 Å². The van der Waals surface area contributed by atoms with Crippen LogP contribution in [0.2, 0.25) is 0 Å². The third kappa shape index (κ3) is 6.46. The predicted molar refractivity (Wildman–Crippen MR) is 86.8 cm³/mol. The number of carbonyl (C=O) groups excluding carboxylic acids is 3. The normalized spacial score (nSPS) is 10.8. The highest BCUT2D eigenvalue weighted by Gasteiger charge is 2.30. The highest BCUT2D eigenvalue weighted by atomic mass is 19.4. The van der Waals surface area contributed by atoms with Gasteiger partial charge in [-0.1, -0.05) is 24.3 Å². The fourth-order valence-corrected chi connectivity index (χ4v) is 1.92. The molecule has 0 saturated carbocycles. The van der Waals surface area contributed by atoms with Crippen LogP contribution in [-0.2, 0) is 20.5 Å². The molecule has 0 aliphatic rings. The van der Waals surface area contributed by atoms with Crippen molar-refractivity contribution in [2.24, 2.45) is 0 Å². The zero-order valence-corrected chi connectivity index (χ0v) is 13.8. The minimum absolute atomic E-state index is 0.175. The number of imide groups is 1. The number of amides is 2. The molecule has 27 heavy (non-hydrogen) atoms. The van der Waals surface area contributed by atoms with E-state index in [9.17, 15) is 27.6 Å². The maximum Gasteiger partial charge on any atom is 0.416 e. The van der Waals surface area contributed by atoms with E-state index in [-0.39, 0.29) is 11.3 Å². The molecule has 0 bridgehead atoms. The van der Waals surface area contributed by atoms with E-state index in [4.69, 9.17) is 4.74 Å². The number of hydrogen-bond donors (Lipinski definition) is 1. The van der Waals surface area contributed by atoms with Crippen molar-refractivity contribution in [2.75, 3.05) is 13.2 Å². The van der Waals surface area contributed by atoms with Gasteiger partial charge in [-0.05, 0) is 30.3 Å². The minimum atomic E-state index is -4.54. The molecule has 2 aromatic carbocycles. The molecule has 0 heterocycles. The summed E-state index contributed by atoms with van der Waals surface area (Å²) in [6, 6.07) is 11.9. The molecule has 9 heteroatoms. The van der Waals surface area contributed by atoms with E-state index in [2.05, 4.69) is 4.74 Å². The summed E-state index contributed by atoms with van der Waals surface area (Å²) in [5, 5.41) is 2.03. The Morgan fingerprint density at radius 2 is 1.63 bits per heavy atom. The topological polar surface area (TPSA) is 81.7 Å². The molecule has 0 saturated heterocycles. The summed E-state index contributed by atoms with van der Waals surface area (Å²) < 4.78 is 47.3. The second-order valence-corrected chi connectivity index (χ2v) is 5.22. The number of nitrogens with one attached hydrogen (secondary N) is 1. The van der Waals surface area contributed by atoms with Crippen LogP contribution in [-0.4, -0.2) is 31.0 Å². The van der Waals surface area contributed by atoms with Gasteiger partial charge in [0, 0.05) is 5.56 Å². The van der Waals surface area contributed by atoms with Gasteiger partial charge in [-0.3, -0.25) is 14.9 Å². The van der Waals surface area contributed by atoms with Gasteiger partial charge < -0.3 is 9.47 Å². The lowest BCUT2D eigenvalue weighted by Crippen LogP contribution is -2.34. The highest BCUT2D eigenvalue weighted by Crippen LogP contribution is 2.31. The molecule has 0 spiro atoms. The summed E-state index contributed by atoms with van der Waals surface area (Å²) in [5.74, 6) is -2.66. The van der Waals surface area contributed by atoms with Crippen molar-refractivity contribution >= 4 is 17.8 Å². The Kier molecular flexibility index (Phi) is 6.53. The van der Waals surface area contributed by atoms with Crippen LogP contribution in [0.15, 0.2) is 54.6 Å². The van der Waals surface area contributed by atoms with Gasteiger partial charge in [0.15, 0.2) is 13.2 Å². The summed E-state index contributed by atoms with van der Waals surface area (Å²) in [6.07, 6.45) is -4.54. The van der Waals surface area contributed by atoms with Crippen LogP contribution in [0, 0.1) is 0 Å². The van der Waals surface area contributed by atoms with E-state index in [1.165, 1.54) is 18.2 Å². The highest BCUT2D eigenvalue weighted by molar-refractivity contribution is 6.05. The summed E-state index contributed by atoms with van der Waals surface area (Å²) in [4.78, 5) is 34.8. The quantitative estimate of drug-likeness (QED) is 0.778. The number of ether oxygens (including phenoxy) is 2. The number of benzene rings is 2. The first kappa shape index (κ1) is 20.0. The summed E-state index contributed by atoms with van der Waals surface area (Å²) in [5.41, 5.74) is -0.669. The molecule has 0 atom stereocenters. The SMILES string of the molecule is O=C(COC(=O)COc1cccc(C(F)(F)F)c1)NC(=O)c1ccccc1. The van der Waals surface area contributed by atoms with Crippen molar-refractivity contribution in [3.63, 3.8) is 0 Å². The number of esters is 1. The maximum atomic E-state index is 12.6. The lowest BCUT2D eigenvalue weighted by Gasteiger charge is -2.10. The Balaban J connectivity index is 1.76. The Morgan fingerprint density at radius 1 is 0.926 bits per heavy atom. The largest absolute Gasteiger partial charge is 0.482 e. The zero-order chi connectivity index (χ0) is 19.9. The second-order valence-electron chi connectivity index (χ2n) is 5.22. The number of alkyl halides is 3. The third-order valence-electron chi connectivity index (χ3n) is 3.17. The first-order valence-corrected chi connectivity index (χ1v) is 7.60. The molecular formula is C18H14F3NO5. The van der Waals surface area contributed by atoms with Gasteiger partial charge in [0.2, 0.25) is 0 Å². The fourth-order valence-electron chi connectivity index (χ4n) is 1.92. The van der Waals surface area contributed by atoms with E-state index in [0.717, 1.165) is 18.2 Å². The third-order valence-corrected chi connectivity index (χ3v) is 3.17. The van der Waals surface area contributed by atoms with Crippen LogP contribution >= 0.6 is 0 Å². The number of halogens is 3. The molecule has 6 nitrogen and oxygen atoms in total. The summed E-state index contributed by atoms with van der Waals surface area (Å²) >= 11 is 0. The van der Waals surface area contributed by atoms with Crippen molar-refractivity contribution in [3.05, 3.63) is 65.7 Å². The Bertz CT molecular complexity index is 821. The lowest BCUT2D eigenvalue weighted by molar-refractivity contribution is -0.150. The molecule has 0 aliphatic heterocycles. The molecule has 0 aliphatic carbocycles. The molecule has 2 aromatic rings. The average molecular weight is 381 g/mol. The van der Waals surface area contributed by atoms with E-state index < -0.39 is 42.7 Å². The molecule has 0 fully saturated rings. The van der Waals surface area contributed by atoms with E-state index in [1.54, 1.807) is 18.2 Å². The Labute approximate surface area is 151 Å². The predicted octanol–water partition coefficient (Wildman–Crippen LogP) is 2.58. The van der Waals surface area contributed by atoms with Crippen LogP contribution in [0.1, 0.15) is 15.9 Å². The number of carbonyl (C=O) groups is 3. The van der Waals surface area contributed by atoms with Crippen LogP contribution in [0.25, 0.3) is 0 Å². The van der Waals surface area contributed by atoms with Crippen LogP contribution < -0.4 is 10.1 Å². The molecule has 0 radical (unpaired) electrons. The van der Waals surface area contributed by atoms with Gasteiger partial charge in [-0.25, -0.2) is 4.79 Å². The zero-order valence-electron chi connectivity index (χ0n) is 13.8. The summed E-state index contributed by atoms with van der Waals surface area (Å²) in [7, 11) is 0. The summed E-state index contributed by atoms with van der Waals surface area (Å²) in [6.45, 7) is -1.43. The van der Waals surface area contributed by atoms with E-state index in [0.29, 0.717) is 0 Å². The lowest BCUT2D eigenvalue weighted by atomic mass is 10.2. The average Bonchev–Trinajstić information content (AvgIpc) is 2.65. The molecule has 142 valence electrons. The van der Waals surface area contributed by atoms with Gasteiger partial charge in [-0.15, -0.1) is 0 Å². The van der Waals surface area contributed by atoms with Crippen LogP contribution in [0.4, 0.5) is 13.2 Å². The fraction of sp³-hybridized carbons (Fsp3) is 0.167. The second kappa shape index (κ2) is 8.84. The molecule has 2 rings (SSSR count). The molecule has 1 N–H and O–H groups in total. The first-order valence-electron chi connectivity index (χ1n) is 7.60. The van der Waals surface area contributed by atoms with Gasteiger partial charge in [-0.2, -0.15) is 13.2 Å². The van der Waals surface area contributed by atoms with Crippen molar-refractivity contribution < 1.29 is 37.0 Å². The Morgan fingerprint density at radius 3 is 2.30 bits per heavy atom.